The van der Waals surface area contributed by atoms with E-state index in [4.69, 9.17) is 0 Å². The Hall–Kier alpha value is -1.35. The highest BCUT2D eigenvalue weighted by atomic mass is 127. The van der Waals surface area contributed by atoms with E-state index in [0.717, 1.165) is 29.6 Å². The number of nitrogens with one attached hydrogen (secondary N) is 2. The zero-order valence-electron chi connectivity index (χ0n) is 17.3. The molecule has 0 saturated carbocycles. The van der Waals surface area contributed by atoms with E-state index in [0.29, 0.717) is 0 Å². The van der Waals surface area contributed by atoms with Crippen LogP contribution in [0.2, 0.25) is 0 Å². The number of aryl methyl sites for hydroxylation is 2. The molecule has 1 aromatic heterocycles. The van der Waals surface area contributed by atoms with E-state index >= 15 is 0 Å². The third-order valence-electron chi connectivity index (χ3n) is 5.06. The highest BCUT2D eigenvalue weighted by molar-refractivity contribution is 14.0. The van der Waals surface area contributed by atoms with E-state index in [1.807, 2.05) is 7.05 Å². The Balaban J connectivity index is 0.00000280. The maximum atomic E-state index is 4.50. The summed E-state index contributed by atoms with van der Waals surface area (Å²) < 4.78 is 0. The first-order chi connectivity index (χ1) is 13.1. The summed E-state index contributed by atoms with van der Waals surface area (Å²) in [4.78, 5) is 12.7. The van der Waals surface area contributed by atoms with E-state index < -0.39 is 0 Å². The molecule has 1 aromatic carbocycles. The topological polar surface area (TPSA) is 52.6 Å². The van der Waals surface area contributed by atoms with Crippen LogP contribution in [-0.4, -0.2) is 37.6 Å². The van der Waals surface area contributed by atoms with E-state index in [9.17, 15) is 0 Å². The second kappa shape index (κ2) is 11.0. The van der Waals surface area contributed by atoms with Gasteiger partial charge in [0.25, 0.3) is 0 Å². The third kappa shape index (κ3) is 6.07. The Morgan fingerprint density at radius 3 is 2.68 bits per heavy atom. The van der Waals surface area contributed by atoms with Crippen molar-refractivity contribution in [3.05, 3.63) is 45.4 Å². The quantitative estimate of drug-likeness (QED) is 0.341. The summed E-state index contributed by atoms with van der Waals surface area (Å²) in [6.07, 6.45) is 3.57. The molecule has 28 heavy (non-hydrogen) atoms. The van der Waals surface area contributed by atoms with E-state index in [1.54, 1.807) is 11.3 Å². The minimum absolute atomic E-state index is 0. The lowest BCUT2D eigenvalue weighted by Gasteiger charge is -2.22. The lowest BCUT2D eigenvalue weighted by Crippen LogP contribution is -2.39. The molecule has 1 unspecified atom stereocenters. The number of anilines is 1. The van der Waals surface area contributed by atoms with E-state index in [1.165, 1.54) is 42.1 Å². The number of halogens is 1. The average Bonchev–Trinajstić information content (AvgIpc) is 3.31. The van der Waals surface area contributed by atoms with Crippen LogP contribution in [0.5, 0.6) is 0 Å². The van der Waals surface area contributed by atoms with Gasteiger partial charge >= 0.3 is 0 Å². The number of nitrogens with zero attached hydrogens (tertiary/aromatic N) is 3. The van der Waals surface area contributed by atoms with Crippen LogP contribution in [0.4, 0.5) is 5.69 Å². The zero-order chi connectivity index (χ0) is 19.2. The molecule has 1 aliphatic rings. The smallest absolute Gasteiger partial charge is 0.191 e. The van der Waals surface area contributed by atoms with Crippen LogP contribution < -0.4 is 15.5 Å². The number of hydrogen-bond donors (Lipinski definition) is 2. The summed E-state index contributed by atoms with van der Waals surface area (Å²) in [5.74, 6) is 0.841. The zero-order valence-corrected chi connectivity index (χ0v) is 20.4. The number of rotatable bonds is 6. The Morgan fingerprint density at radius 1 is 1.29 bits per heavy atom. The van der Waals surface area contributed by atoms with Gasteiger partial charge in [0, 0.05) is 43.7 Å². The summed E-state index contributed by atoms with van der Waals surface area (Å²) in [5, 5.41) is 8.08. The summed E-state index contributed by atoms with van der Waals surface area (Å²) in [5.41, 5.74) is 3.77. The third-order valence-corrected chi connectivity index (χ3v) is 6.19. The van der Waals surface area contributed by atoms with Crippen molar-refractivity contribution in [1.29, 1.82) is 0 Å². The van der Waals surface area contributed by atoms with Crippen molar-refractivity contribution in [1.82, 2.24) is 15.6 Å². The first kappa shape index (κ1) is 22.9. The number of benzene rings is 1. The van der Waals surface area contributed by atoms with Gasteiger partial charge in [-0.3, -0.25) is 4.99 Å². The second-order valence-electron chi connectivity index (χ2n) is 7.15. The molecule has 1 fully saturated rings. The van der Waals surface area contributed by atoms with E-state index in [-0.39, 0.29) is 30.0 Å². The minimum Gasteiger partial charge on any atom is -0.372 e. The molecule has 7 heteroatoms. The number of thiazole rings is 1. The highest BCUT2D eigenvalue weighted by Gasteiger charge is 2.14. The Labute approximate surface area is 190 Å². The summed E-state index contributed by atoms with van der Waals surface area (Å²) in [6.45, 7) is 9.53. The SMILES string of the molecule is CN=C(NCCc1sc(C)nc1C)NC(C)c1cccc(N2CCCC2)c1.I. The number of aromatic nitrogens is 1. The molecule has 0 bridgehead atoms. The second-order valence-corrected chi connectivity index (χ2v) is 8.43. The number of aliphatic imine (C=N–C) groups is 1. The average molecular weight is 513 g/mol. The fourth-order valence-corrected chi connectivity index (χ4v) is 4.49. The molecule has 154 valence electrons. The van der Waals surface area contributed by atoms with Gasteiger partial charge in [0.2, 0.25) is 0 Å². The molecule has 5 nitrogen and oxygen atoms in total. The van der Waals surface area contributed by atoms with Crippen molar-refractivity contribution in [3.63, 3.8) is 0 Å². The maximum Gasteiger partial charge on any atom is 0.191 e. The molecular formula is C21H32IN5S. The van der Waals surface area contributed by atoms with Crippen LogP contribution in [0.3, 0.4) is 0 Å². The summed E-state index contributed by atoms with van der Waals surface area (Å²) in [7, 11) is 1.82. The summed E-state index contributed by atoms with van der Waals surface area (Å²) in [6, 6.07) is 9.07. The van der Waals surface area contributed by atoms with Gasteiger partial charge in [-0.2, -0.15) is 0 Å². The highest BCUT2D eigenvalue weighted by Crippen LogP contribution is 2.24. The molecule has 1 saturated heterocycles. The molecule has 2 aromatic rings. The molecule has 0 spiro atoms. The Bertz CT molecular complexity index is 783. The van der Waals surface area contributed by atoms with Crippen LogP contribution >= 0.6 is 35.3 Å². The molecule has 0 aliphatic carbocycles. The van der Waals surface area contributed by atoms with E-state index in [2.05, 4.69) is 70.5 Å². The molecule has 3 rings (SSSR count). The lowest BCUT2D eigenvalue weighted by molar-refractivity contribution is 0.684. The van der Waals surface area contributed by atoms with Gasteiger partial charge in [-0.25, -0.2) is 4.98 Å². The molecule has 1 atom stereocenters. The standard InChI is InChI=1S/C21H31N5S.HI/c1-15(18-8-7-9-19(14-18)26-12-5-6-13-26)25-21(22-4)23-11-10-20-16(2)24-17(3)27-20;/h7-9,14-15H,5-6,10-13H2,1-4H3,(H2,22,23,25);1H. The molecule has 0 radical (unpaired) electrons. The van der Waals surface area contributed by atoms with Crippen LogP contribution in [0.15, 0.2) is 29.3 Å². The predicted molar refractivity (Wildman–Crippen MR) is 132 cm³/mol. The van der Waals surface area contributed by atoms with Crippen LogP contribution in [0.1, 0.15) is 46.9 Å². The largest absolute Gasteiger partial charge is 0.372 e. The fourth-order valence-electron chi connectivity index (χ4n) is 3.55. The molecule has 2 heterocycles. The molecule has 1 aliphatic heterocycles. The van der Waals surface area contributed by atoms with Crippen LogP contribution in [-0.2, 0) is 6.42 Å². The number of guanidine groups is 1. The van der Waals surface area contributed by atoms with Gasteiger partial charge in [0.05, 0.1) is 16.7 Å². The van der Waals surface area contributed by atoms with Gasteiger partial charge in [-0.1, -0.05) is 12.1 Å². The fraction of sp³-hybridized carbons (Fsp3) is 0.524. The van der Waals surface area contributed by atoms with Crippen molar-refractivity contribution >= 4 is 47.0 Å². The van der Waals surface area contributed by atoms with Gasteiger partial charge in [-0.15, -0.1) is 35.3 Å². The van der Waals surface area contributed by atoms with Crippen LogP contribution in [0.25, 0.3) is 0 Å². The van der Waals surface area contributed by atoms with Gasteiger partial charge in [0.1, 0.15) is 0 Å². The van der Waals surface area contributed by atoms with Gasteiger partial charge < -0.3 is 15.5 Å². The first-order valence-electron chi connectivity index (χ1n) is 9.82. The van der Waals surface area contributed by atoms with Crippen molar-refractivity contribution in [2.75, 3.05) is 31.6 Å². The van der Waals surface area contributed by atoms with Gasteiger partial charge in [0.15, 0.2) is 5.96 Å². The number of hydrogen-bond acceptors (Lipinski definition) is 4. The Morgan fingerprint density at radius 2 is 2.04 bits per heavy atom. The van der Waals surface area contributed by atoms with Crippen molar-refractivity contribution < 1.29 is 0 Å². The Kier molecular flexibility index (Phi) is 9.01. The van der Waals surface area contributed by atoms with Gasteiger partial charge in [-0.05, 0) is 51.3 Å². The maximum absolute atomic E-state index is 4.50. The van der Waals surface area contributed by atoms with Crippen molar-refractivity contribution in [2.45, 2.75) is 46.1 Å². The molecule has 2 N–H and O–H groups in total. The lowest BCUT2D eigenvalue weighted by atomic mass is 10.1. The normalized spacial score (nSPS) is 15.3. The summed E-state index contributed by atoms with van der Waals surface area (Å²) >= 11 is 1.78. The molecule has 0 amide bonds. The van der Waals surface area contributed by atoms with Crippen LogP contribution in [0, 0.1) is 13.8 Å². The van der Waals surface area contributed by atoms with Crippen molar-refractivity contribution in [3.8, 4) is 0 Å². The predicted octanol–water partition coefficient (Wildman–Crippen LogP) is 4.45. The van der Waals surface area contributed by atoms with Crippen molar-refractivity contribution in [2.24, 2.45) is 4.99 Å². The molecular weight excluding hydrogens is 481 g/mol. The monoisotopic (exact) mass is 513 g/mol. The first-order valence-corrected chi connectivity index (χ1v) is 10.6. The minimum atomic E-state index is 0.